The summed E-state index contributed by atoms with van der Waals surface area (Å²) in [5.74, 6) is -0.294. The van der Waals surface area contributed by atoms with E-state index in [0.29, 0.717) is 29.5 Å². The molecule has 1 fully saturated rings. The minimum atomic E-state index is -0.528. The Balaban J connectivity index is 1.13. The number of hydrogen-bond acceptors (Lipinski definition) is 11. The topological polar surface area (TPSA) is 139 Å². The van der Waals surface area contributed by atoms with Crippen LogP contribution in [0, 0.1) is 5.82 Å². The first kappa shape index (κ1) is 23.3. The van der Waals surface area contributed by atoms with E-state index < -0.39 is 11.8 Å². The maximum atomic E-state index is 14.4. The summed E-state index contributed by atoms with van der Waals surface area (Å²) in [5, 5.41) is 19.7. The van der Waals surface area contributed by atoms with Crippen molar-refractivity contribution in [3.05, 3.63) is 60.2 Å². The number of esters is 1. The molecule has 0 N–H and O–H groups in total. The lowest BCUT2D eigenvalue weighted by molar-refractivity contribution is 0.0525. The summed E-state index contributed by atoms with van der Waals surface area (Å²) in [6.07, 6.45) is 7.56. The van der Waals surface area contributed by atoms with Crippen LogP contribution in [0.4, 0.5) is 10.3 Å². The minimum Gasteiger partial charge on any atom is -0.484 e. The fourth-order valence-electron chi connectivity index (χ4n) is 3.83. The number of carbonyl (C=O) groups excluding carboxylic acids is 1. The Hall–Kier alpha value is -4.49. The predicted molar refractivity (Wildman–Crippen MR) is 122 cm³/mol. The van der Waals surface area contributed by atoms with Crippen molar-refractivity contribution in [2.24, 2.45) is 0 Å². The standard InChI is InChI=1S/C22H23FN10O3/c1-2-35-21(34)15-10-24-22(25-11-15)31-7-5-17(6-8-31)33-27-12-16(28-33)13-36-20-4-3-18(9-19(20)23)32-14-26-29-30-32/h3-4,9-12,14,17H,2,5-8,13H2,1H3. The fourth-order valence-corrected chi connectivity index (χ4v) is 3.83. The number of halogens is 1. The average Bonchev–Trinajstić information content (AvgIpc) is 3.61. The molecule has 0 atom stereocenters. The zero-order valence-corrected chi connectivity index (χ0v) is 19.4. The van der Waals surface area contributed by atoms with Crippen molar-refractivity contribution in [1.82, 2.24) is 45.2 Å². The molecule has 36 heavy (non-hydrogen) atoms. The number of carbonyl (C=O) groups is 1. The van der Waals surface area contributed by atoms with Gasteiger partial charge in [-0.05, 0) is 42.3 Å². The smallest absolute Gasteiger partial charge is 0.341 e. The third kappa shape index (κ3) is 5.11. The highest BCUT2D eigenvalue weighted by molar-refractivity contribution is 5.88. The predicted octanol–water partition coefficient (Wildman–Crippen LogP) is 1.78. The lowest BCUT2D eigenvalue weighted by atomic mass is 10.1. The molecule has 0 aliphatic carbocycles. The van der Waals surface area contributed by atoms with Crippen LogP contribution >= 0.6 is 0 Å². The van der Waals surface area contributed by atoms with Gasteiger partial charge in [-0.25, -0.2) is 23.8 Å². The number of anilines is 1. The Bertz CT molecular complexity index is 1300. The Morgan fingerprint density at radius 2 is 1.97 bits per heavy atom. The third-order valence-corrected chi connectivity index (χ3v) is 5.68. The van der Waals surface area contributed by atoms with Crippen LogP contribution in [-0.4, -0.2) is 70.8 Å². The first-order chi connectivity index (χ1) is 17.6. The summed E-state index contributed by atoms with van der Waals surface area (Å²) in [7, 11) is 0. The van der Waals surface area contributed by atoms with E-state index >= 15 is 0 Å². The second kappa shape index (κ2) is 10.4. The highest BCUT2D eigenvalue weighted by Crippen LogP contribution is 2.24. The van der Waals surface area contributed by atoms with Crippen LogP contribution in [0.3, 0.4) is 0 Å². The van der Waals surface area contributed by atoms with Crippen LogP contribution in [0.2, 0.25) is 0 Å². The molecule has 5 rings (SSSR count). The molecule has 14 heteroatoms. The Morgan fingerprint density at radius 3 is 2.67 bits per heavy atom. The van der Waals surface area contributed by atoms with Crippen molar-refractivity contribution in [2.45, 2.75) is 32.4 Å². The van der Waals surface area contributed by atoms with Gasteiger partial charge in [-0.15, -0.1) is 5.10 Å². The van der Waals surface area contributed by atoms with E-state index in [1.54, 1.807) is 24.0 Å². The molecular weight excluding hydrogens is 471 g/mol. The summed E-state index contributed by atoms with van der Waals surface area (Å²) in [6, 6.07) is 4.59. The number of benzene rings is 1. The molecule has 4 aromatic rings. The van der Waals surface area contributed by atoms with Crippen LogP contribution < -0.4 is 9.64 Å². The number of hydrogen-bond donors (Lipinski definition) is 0. The van der Waals surface area contributed by atoms with E-state index in [4.69, 9.17) is 9.47 Å². The van der Waals surface area contributed by atoms with Crippen LogP contribution in [0.5, 0.6) is 5.75 Å². The zero-order chi connectivity index (χ0) is 24.9. The van der Waals surface area contributed by atoms with Crippen LogP contribution in [-0.2, 0) is 11.3 Å². The molecule has 1 aliphatic heterocycles. The molecule has 3 aromatic heterocycles. The number of aromatic nitrogens is 9. The van der Waals surface area contributed by atoms with Gasteiger partial charge in [-0.3, -0.25) is 0 Å². The molecule has 0 bridgehead atoms. The van der Waals surface area contributed by atoms with Gasteiger partial charge >= 0.3 is 5.97 Å². The molecule has 0 spiro atoms. The quantitative estimate of drug-likeness (QED) is 0.331. The summed E-state index contributed by atoms with van der Waals surface area (Å²) in [5.41, 5.74) is 1.41. The van der Waals surface area contributed by atoms with Gasteiger partial charge in [0.1, 0.15) is 18.6 Å². The lowest BCUT2D eigenvalue weighted by Gasteiger charge is -2.31. The number of piperidine rings is 1. The first-order valence-electron chi connectivity index (χ1n) is 11.4. The Labute approximate surface area is 204 Å². The average molecular weight is 494 g/mol. The molecule has 186 valence electrons. The second-order valence-corrected chi connectivity index (χ2v) is 8.02. The highest BCUT2D eigenvalue weighted by Gasteiger charge is 2.24. The van der Waals surface area contributed by atoms with E-state index in [-0.39, 0.29) is 18.4 Å². The molecule has 1 saturated heterocycles. The van der Waals surface area contributed by atoms with Gasteiger partial charge in [0.05, 0.1) is 30.1 Å². The van der Waals surface area contributed by atoms with Crippen LogP contribution in [0.25, 0.3) is 5.69 Å². The molecule has 13 nitrogen and oxygen atoms in total. The van der Waals surface area contributed by atoms with Crippen LogP contribution in [0.1, 0.15) is 41.9 Å². The van der Waals surface area contributed by atoms with Crippen LogP contribution in [0.15, 0.2) is 43.1 Å². The third-order valence-electron chi connectivity index (χ3n) is 5.68. The molecule has 0 unspecified atom stereocenters. The Morgan fingerprint density at radius 1 is 1.17 bits per heavy atom. The largest absolute Gasteiger partial charge is 0.484 e. The maximum absolute atomic E-state index is 14.4. The van der Waals surface area contributed by atoms with Crippen molar-refractivity contribution in [3.8, 4) is 11.4 Å². The van der Waals surface area contributed by atoms with Gasteiger partial charge in [0.25, 0.3) is 0 Å². The van der Waals surface area contributed by atoms with Gasteiger partial charge in [0.15, 0.2) is 11.6 Å². The fraction of sp³-hybridized carbons (Fsp3) is 0.364. The van der Waals surface area contributed by atoms with Gasteiger partial charge in [0.2, 0.25) is 5.95 Å². The minimum absolute atomic E-state index is 0.0840. The van der Waals surface area contributed by atoms with Crippen molar-refractivity contribution >= 4 is 11.9 Å². The molecule has 1 aromatic carbocycles. The SMILES string of the molecule is CCOC(=O)c1cnc(N2CCC(n3ncc(COc4ccc(-n5cnnn5)cc4F)n3)CC2)nc1. The summed E-state index contributed by atoms with van der Waals surface area (Å²) < 4.78 is 26.3. The van der Waals surface area contributed by atoms with Crippen molar-refractivity contribution < 1.29 is 18.7 Å². The van der Waals surface area contributed by atoms with E-state index in [1.165, 1.54) is 35.5 Å². The van der Waals surface area contributed by atoms with Gasteiger partial charge < -0.3 is 14.4 Å². The van der Waals surface area contributed by atoms with E-state index in [1.807, 2.05) is 0 Å². The lowest BCUT2D eigenvalue weighted by Crippen LogP contribution is -2.36. The number of nitrogens with zero attached hydrogens (tertiary/aromatic N) is 10. The van der Waals surface area contributed by atoms with E-state index in [2.05, 4.69) is 40.6 Å². The van der Waals surface area contributed by atoms with Crippen molar-refractivity contribution in [1.29, 1.82) is 0 Å². The Kier molecular flexibility index (Phi) is 6.73. The molecular formula is C22H23FN10O3. The number of ether oxygens (including phenoxy) is 2. The summed E-state index contributed by atoms with van der Waals surface area (Å²) in [6.45, 7) is 3.57. The van der Waals surface area contributed by atoms with Gasteiger partial charge in [-0.2, -0.15) is 15.0 Å². The second-order valence-electron chi connectivity index (χ2n) is 8.02. The highest BCUT2D eigenvalue weighted by atomic mass is 19.1. The molecule has 4 heterocycles. The normalized spacial score (nSPS) is 14.1. The van der Waals surface area contributed by atoms with Gasteiger partial charge in [0, 0.05) is 31.5 Å². The maximum Gasteiger partial charge on any atom is 0.341 e. The molecule has 0 amide bonds. The molecule has 0 saturated carbocycles. The van der Waals surface area contributed by atoms with Gasteiger partial charge in [-0.1, -0.05) is 0 Å². The molecule has 1 aliphatic rings. The molecule has 0 radical (unpaired) electrons. The number of rotatable bonds is 8. The summed E-state index contributed by atoms with van der Waals surface area (Å²) >= 11 is 0. The van der Waals surface area contributed by atoms with Crippen molar-refractivity contribution in [2.75, 3.05) is 24.6 Å². The number of tetrazole rings is 1. The summed E-state index contributed by atoms with van der Waals surface area (Å²) in [4.78, 5) is 24.1. The van der Waals surface area contributed by atoms with Crippen molar-refractivity contribution in [3.63, 3.8) is 0 Å². The monoisotopic (exact) mass is 494 g/mol. The first-order valence-corrected chi connectivity index (χ1v) is 11.4. The zero-order valence-electron chi connectivity index (χ0n) is 19.4. The van der Waals surface area contributed by atoms with E-state index in [9.17, 15) is 9.18 Å². The van der Waals surface area contributed by atoms with E-state index in [0.717, 1.165) is 25.9 Å².